The molecule has 20 heavy (non-hydrogen) atoms. The van der Waals surface area contributed by atoms with Crippen molar-refractivity contribution in [3.05, 3.63) is 35.7 Å². The fourth-order valence-corrected chi connectivity index (χ4v) is 3.57. The number of benzene rings is 1. The molecule has 3 rings (SSSR count). The molecule has 0 aliphatic carbocycles. The Morgan fingerprint density at radius 1 is 1.20 bits per heavy atom. The summed E-state index contributed by atoms with van der Waals surface area (Å²) in [6.45, 7) is 2.11. The van der Waals surface area contributed by atoms with Gasteiger partial charge in [-0.05, 0) is 12.5 Å². The molecule has 0 unspecified atom stereocenters. The first kappa shape index (κ1) is 13.4. The maximum atomic E-state index is 4.83. The van der Waals surface area contributed by atoms with Gasteiger partial charge in [-0.3, -0.25) is 0 Å². The van der Waals surface area contributed by atoms with Crippen molar-refractivity contribution in [2.75, 3.05) is 24.7 Å². The van der Waals surface area contributed by atoms with E-state index in [9.17, 15) is 0 Å². The van der Waals surface area contributed by atoms with Crippen molar-refractivity contribution in [1.82, 2.24) is 9.97 Å². The Labute approximate surface area is 124 Å². The molecule has 0 spiro atoms. The molecule has 2 aromatic rings. The molecule has 1 aromatic carbocycles. The minimum Gasteiger partial charge on any atom is -0.362 e. The Hall–Kier alpha value is -1.55. The van der Waals surface area contributed by atoms with E-state index in [4.69, 9.17) is 9.97 Å². The largest absolute Gasteiger partial charge is 0.362 e. The molecule has 0 saturated carbocycles. The number of hydrogen-bond donors (Lipinski definition) is 0. The average molecular weight is 285 g/mol. The van der Waals surface area contributed by atoms with Crippen molar-refractivity contribution >= 4 is 17.6 Å². The van der Waals surface area contributed by atoms with Gasteiger partial charge >= 0.3 is 0 Å². The highest BCUT2D eigenvalue weighted by molar-refractivity contribution is 7.99. The number of hydrogen-bond acceptors (Lipinski definition) is 4. The molecule has 0 fully saturated rings. The highest BCUT2D eigenvalue weighted by Gasteiger charge is 2.21. The lowest BCUT2D eigenvalue weighted by Gasteiger charge is -2.19. The first-order valence-electron chi connectivity index (χ1n) is 7.00. The zero-order chi connectivity index (χ0) is 14.1. The number of aryl methyl sites for hydroxylation is 1. The second-order valence-electron chi connectivity index (χ2n) is 5.13. The minimum atomic E-state index is 0.865. The van der Waals surface area contributed by atoms with Crippen LogP contribution in [0.5, 0.6) is 0 Å². The lowest BCUT2D eigenvalue weighted by atomic mass is 10.0. The molecular weight excluding hydrogens is 266 g/mol. The van der Waals surface area contributed by atoms with E-state index >= 15 is 0 Å². The Morgan fingerprint density at radius 2 is 2.00 bits per heavy atom. The molecule has 0 atom stereocenters. The zero-order valence-electron chi connectivity index (χ0n) is 12.2. The number of fused-ring (bicyclic) bond motifs is 3. The van der Waals surface area contributed by atoms with Gasteiger partial charge in [0.1, 0.15) is 11.6 Å². The molecule has 0 radical (unpaired) electrons. The van der Waals surface area contributed by atoms with E-state index in [0.717, 1.165) is 35.9 Å². The predicted molar refractivity (Wildman–Crippen MR) is 85.6 cm³/mol. The third-order valence-electron chi connectivity index (χ3n) is 3.52. The molecule has 104 valence electrons. The molecule has 3 nitrogen and oxygen atoms in total. The van der Waals surface area contributed by atoms with Crippen LogP contribution in [0, 0.1) is 0 Å². The van der Waals surface area contributed by atoms with Gasteiger partial charge in [0.2, 0.25) is 0 Å². The molecule has 1 aliphatic heterocycles. The first-order valence-corrected chi connectivity index (χ1v) is 7.98. The smallest absolute Gasteiger partial charge is 0.135 e. The highest BCUT2D eigenvalue weighted by Crippen LogP contribution is 2.38. The summed E-state index contributed by atoms with van der Waals surface area (Å²) >= 11 is 1.91. The molecule has 4 heteroatoms. The van der Waals surface area contributed by atoms with Crippen molar-refractivity contribution in [3.63, 3.8) is 0 Å². The maximum absolute atomic E-state index is 4.83. The molecule has 2 heterocycles. The molecule has 1 aromatic heterocycles. The van der Waals surface area contributed by atoms with Crippen LogP contribution in [0.25, 0.3) is 11.3 Å². The summed E-state index contributed by atoms with van der Waals surface area (Å²) in [6, 6.07) is 8.57. The first-order chi connectivity index (χ1) is 9.70. The van der Waals surface area contributed by atoms with E-state index < -0.39 is 0 Å². The standard InChI is InChI=1S/C16H19N3S/c1-4-14-17-15-11-7-5-6-8-13(11)20-10-9-12(15)16(18-14)19(2)3/h5-8H,4,9-10H2,1-3H3. The van der Waals surface area contributed by atoms with E-state index in [1.54, 1.807) is 0 Å². The van der Waals surface area contributed by atoms with Gasteiger partial charge in [0.25, 0.3) is 0 Å². The van der Waals surface area contributed by atoms with Gasteiger partial charge in [-0.2, -0.15) is 0 Å². The third-order valence-corrected chi connectivity index (χ3v) is 4.60. The minimum absolute atomic E-state index is 0.865. The van der Waals surface area contributed by atoms with Crippen LogP contribution in [-0.4, -0.2) is 29.8 Å². The van der Waals surface area contributed by atoms with Gasteiger partial charge in [-0.15, -0.1) is 11.8 Å². The quantitative estimate of drug-likeness (QED) is 0.845. The van der Waals surface area contributed by atoms with E-state index in [0.29, 0.717) is 0 Å². The second kappa shape index (κ2) is 5.44. The summed E-state index contributed by atoms with van der Waals surface area (Å²) in [5.41, 5.74) is 3.66. The lowest BCUT2D eigenvalue weighted by molar-refractivity contribution is 0.895. The van der Waals surface area contributed by atoms with Crippen molar-refractivity contribution in [1.29, 1.82) is 0 Å². The normalized spacial score (nSPS) is 13.3. The summed E-state index contributed by atoms with van der Waals surface area (Å²) in [5, 5.41) is 0. The summed E-state index contributed by atoms with van der Waals surface area (Å²) in [7, 11) is 4.12. The van der Waals surface area contributed by atoms with Crippen molar-refractivity contribution in [2.45, 2.75) is 24.7 Å². The highest BCUT2D eigenvalue weighted by atomic mass is 32.2. The van der Waals surface area contributed by atoms with Gasteiger partial charge in [0.15, 0.2) is 0 Å². The summed E-state index contributed by atoms with van der Waals surface area (Å²) in [4.78, 5) is 13.0. The summed E-state index contributed by atoms with van der Waals surface area (Å²) in [6.07, 6.45) is 1.88. The summed E-state index contributed by atoms with van der Waals surface area (Å²) < 4.78 is 0. The van der Waals surface area contributed by atoms with E-state index in [-0.39, 0.29) is 0 Å². The van der Waals surface area contributed by atoms with Crippen molar-refractivity contribution in [2.24, 2.45) is 0 Å². The van der Waals surface area contributed by atoms with Gasteiger partial charge in [-0.1, -0.05) is 25.1 Å². The number of rotatable bonds is 2. The van der Waals surface area contributed by atoms with Crippen LogP contribution in [-0.2, 0) is 12.8 Å². The van der Waals surface area contributed by atoms with Gasteiger partial charge in [0, 0.05) is 42.3 Å². The maximum Gasteiger partial charge on any atom is 0.135 e. The SMILES string of the molecule is CCc1nc2c(c(N(C)C)n1)CCSc1ccccc1-2. The van der Waals surface area contributed by atoms with Crippen molar-refractivity contribution < 1.29 is 0 Å². The van der Waals surface area contributed by atoms with Gasteiger partial charge < -0.3 is 4.90 Å². The molecule has 1 aliphatic rings. The Balaban J connectivity index is 2.29. The van der Waals surface area contributed by atoms with Crippen LogP contribution in [0.1, 0.15) is 18.3 Å². The average Bonchev–Trinajstić information content (AvgIpc) is 2.65. The topological polar surface area (TPSA) is 29.0 Å². The second-order valence-corrected chi connectivity index (χ2v) is 6.27. The van der Waals surface area contributed by atoms with Crippen LogP contribution < -0.4 is 4.90 Å². The number of nitrogens with zero attached hydrogens (tertiary/aromatic N) is 3. The summed E-state index contributed by atoms with van der Waals surface area (Å²) in [5.74, 6) is 3.08. The monoisotopic (exact) mass is 285 g/mol. The molecule has 0 bridgehead atoms. The fourth-order valence-electron chi connectivity index (χ4n) is 2.55. The van der Waals surface area contributed by atoms with Crippen LogP contribution in [0.15, 0.2) is 29.2 Å². The number of thioether (sulfide) groups is 1. The van der Waals surface area contributed by atoms with Crippen LogP contribution in [0.4, 0.5) is 5.82 Å². The van der Waals surface area contributed by atoms with E-state index in [1.807, 2.05) is 11.8 Å². The third kappa shape index (κ3) is 2.29. The van der Waals surface area contributed by atoms with Gasteiger partial charge in [0.05, 0.1) is 5.69 Å². The number of aromatic nitrogens is 2. The predicted octanol–water partition coefficient (Wildman–Crippen LogP) is 3.42. The Kier molecular flexibility index (Phi) is 3.66. The van der Waals surface area contributed by atoms with Crippen molar-refractivity contribution in [3.8, 4) is 11.3 Å². The molecule has 0 amide bonds. The van der Waals surface area contributed by atoms with Crippen LogP contribution in [0.3, 0.4) is 0 Å². The molecule has 0 N–H and O–H groups in total. The van der Waals surface area contributed by atoms with Crippen LogP contribution in [0.2, 0.25) is 0 Å². The zero-order valence-corrected chi connectivity index (χ0v) is 13.0. The number of anilines is 1. The van der Waals surface area contributed by atoms with Gasteiger partial charge in [-0.25, -0.2) is 9.97 Å². The van der Waals surface area contributed by atoms with E-state index in [1.165, 1.54) is 16.0 Å². The van der Waals surface area contributed by atoms with Crippen LogP contribution >= 0.6 is 11.8 Å². The molecule has 0 saturated heterocycles. The molecular formula is C16H19N3S. The Bertz CT molecular complexity index is 638. The Morgan fingerprint density at radius 3 is 2.75 bits per heavy atom. The lowest BCUT2D eigenvalue weighted by Crippen LogP contribution is -2.16. The van der Waals surface area contributed by atoms with E-state index in [2.05, 4.69) is 50.2 Å². The fraction of sp³-hybridized carbons (Fsp3) is 0.375.